The number of benzene rings is 1. The number of pyridine rings is 1. The summed E-state index contributed by atoms with van der Waals surface area (Å²) in [5.74, 6) is 5.72. The van der Waals surface area contributed by atoms with E-state index in [1.165, 1.54) is 0 Å². The zero-order chi connectivity index (χ0) is 15.1. The molecular weight excluding hydrogens is 262 g/mol. The van der Waals surface area contributed by atoms with Crippen LogP contribution in [-0.4, -0.2) is 17.4 Å². The maximum absolute atomic E-state index is 12.0. The molecule has 4 nitrogen and oxygen atoms in total. The van der Waals surface area contributed by atoms with Crippen LogP contribution in [0.25, 0.3) is 0 Å². The lowest BCUT2D eigenvalue weighted by molar-refractivity contribution is -0.115. The van der Waals surface area contributed by atoms with Crippen LogP contribution in [0, 0.1) is 18.8 Å². The quantitative estimate of drug-likeness (QED) is 0.843. The van der Waals surface area contributed by atoms with Gasteiger partial charge in [0.25, 0.3) is 0 Å². The molecule has 106 valence electrons. The number of rotatable bonds is 3. The van der Waals surface area contributed by atoms with Crippen molar-refractivity contribution in [1.29, 1.82) is 0 Å². The van der Waals surface area contributed by atoms with E-state index in [2.05, 4.69) is 22.1 Å². The molecule has 1 aromatic heterocycles. The molecule has 1 amide bonds. The van der Waals surface area contributed by atoms with Crippen LogP contribution in [0.5, 0.6) is 0 Å². The fraction of sp³-hybridized carbons (Fsp3) is 0.176. The molecule has 0 aliphatic rings. The summed E-state index contributed by atoms with van der Waals surface area (Å²) < 4.78 is 0. The Bertz CT molecular complexity index is 684. The van der Waals surface area contributed by atoms with Gasteiger partial charge in [0, 0.05) is 23.1 Å². The number of nitrogens with zero attached hydrogens (tertiary/aromatic N) is 1. The molecule has 0 radical (unpaired) electrons. The first-order valence-corrected chi connectivity index (χ1v) is 6.68. The van der Waals surface area contributed by atoms with Crippen molar-refractivity contribution in [1.82, 2.24) is 4.98 Å². The van der Waals surface area contributed by atoms with Gasteiger partial charge >= 0.3 is 0 Å². The fourth-order valence-electron chi connectivity index (χ4n) is 1.85. The largest absolute Gasteiger partial charge is 0.326 e. The van der Waals surface area contributed by atoms with Crippen molar-refractivity contribution in [2.75, 3.05) is 11.9 Å². The number of amides is 1. The van der Waals surface area contributed by atoms with Gasteiger partial charge < -0.3 is 11.1 Å². The second-order valence-electron chi connectivity index (χ2n) is 4.58. The Labute approximate surface area is 124 Å². The Balaban J connectivity index is 2.07. The molecule has 0 unspecified atom stereocenters. The van der Waals surface area contributed by atoms with Crippen molar-refractivity contribution in [2.45, 2.75) is 13.3 Å². The van der Waals surface area contributed by atoms with E-state index in [0.717, 1.165) is 22.5 Å². The van der Waals surface area contributed by atoms with E-state index in [4.69, 9.17) is 5.73 Å². The summed E-state index contributed by atoms with van der Waals surface area (Å²) in [4.78, 5) is 16.1. The van der Waals surface area contributed by atoms with E-state index in [9.17, 15) is 4.79 Å². The molecule has 1 aromatic carbocycles. The zero-order valence-electron chi connectivity index (χ0n) is 11.9. The van der Waals surface area contributed by atoms with Gasteiger partial charge in [-0.2, -0.15) is 0 Å². The second-order valence-corrected chi connectivity index (χ2v) is 4.58. The highest BCUT2D eigenvalue weighted by atomic mass is 16.1. The van der Waals surface area contributed by atoms with Gasteiger partial charge in [0.2, 0.25) is 5.91 Å². The summed E-state index contributed by atoms with van der Waals surface area (Å²) in [5, 5.41) is 2.86. The number of anilines is 1. The first-order valence-electron chi connectivity index (χ1n) is 6.68. The van der Waals surface area contributed by atoms with Crippen LogP contribution in [0.2, 0.25) is 0 Å². The van der Waals surface area contributed by atoms with Crippen LogP contribution >= 0.6 is 0 Å². The minimum Gasteiger partial charge on any atom is -0.326 e. The molecule has 2 aromatic rings. The smallest absolute Gasteiger partial charge is 0.230 e. The number of hydrogen-bond acceptors (Lipinski definition) is 3. The Morgan fingerprint density at radius 2 is 2.19 bits per heavy atom. The molecule has 0 spiro atoms. The molecule has 2 rings (SSSR count). The van der Waals surface area contributed by atoms with Crippen molar-refractivity contribution in [2.24, 2.45) is 5.73 Å². The maximum atomic E-state index is 12.0. The van der Waals surface area contributed by atoms with Crippen molar-refractivity contribution in [3.8, 4) is 11.8 Å². The Morgan fingerprint density at radius 3 is 2.90 bits per heavy atom. The van der Waals surface area contributed by atoms with Gasteiger partial charge in [-0.15, -0.1) is 0 Å². The highest BCUT2D eigenvalue weighted by Crippen LogP contribution is 2.14. The minimum atomic E-state index is -0.102. The van der Waals surface area contributed by atoms with Gasteiger partial charge in [0.05, 0.1) is 13.0 Å². The number of hydrogen-bond donors (Lipinski definition) is 2. The van der Waals surface area contributed by atoms with E-state index < -0.39 is 0 Å². The highest BCUT2D eigenvalue weighted by molar-refractivity contribution is 5.92. The monoisotopic (exact) mass is 279 g/mol. The number of carbonyl (C=O) groups is 1. The average Bonchev–Trinajstić information content (AvgIpc) is 2.48. The second kappa shape index (κ2) is 7.22. The summed E-state index contributed by atoms with van der Waals surface area (Å²) in [6.07, 6.45) is 1.92. The lowest BCUT2D eigenvalue weighted by Gasteiger charge is -2.07. The standard InChI is InChI=1S/C17H17N3O/c1-13-7-8-16(11-14(13)5-4-9-18)20-17(21)12-15-6-2-3-10-19-15/h2-3,6-8,10-11H,9,12,18H2,1H3,(H,20,21). The first-order chi connectivity index (χ1) is 10.2. The summed E-state index contributed by atoms with van der Waals surface area (Å²) >= 11 is 0. The van der Waals surface area contributed by atoms with E-state index in [0.29, 0.717) is 6.54 Å². The molecule has 4 heteroatoms. The number of nitrogens with two attached hydrogens (primary N) is 1. The topological polar surface area (TPSA) is 68.0 Å². The first kappa shape index (κ1) is 14.8. The predicted octanol–water partition coefficient (Wildman–Crippen LogP) is 1.88. The zero-order valence-corrected chi connectivity index (χ0v) is 11.9. The van der Waals surface area contributed by atoms with Crippen molar-refractivity contribution >= 4 is 11.6 Å². The van der Waals surface area contributed by atoms with Gasteiger partial charge in [-0.05, 0) is 36.8 Å². The van der Waals surface area contributed by atoms with Crippen molar-refractivity contribution in [3.05, 3.63) is 59.4 Å². The van der Waals surface area contributed by atoms with E-state index in [1.54, 1.807) is 6.20 Å². The molecule has 0 fully saturated rings. The third-order valence-electron chi connectivity index (χ3n) is 2.91. The van der Waals surface area contributed by atoms with Crippen LogP contribution in [0.1, 0.15) is 16.8 Å². The van der Waals surface area contributed by atoms with Gasteiger partial charge in [-0.1, -0.05) is 24.0 Å². The number of aryl methyl sites for hydroxylation is 1. The maximum Gasteiger partial charge on any atom is 0.230 e. The molecule has 0 saturated carbocycles. The van der Waals surface area contributed by atoms with Gasteiger partial charge in [0.15, 0.2) is 0 Å². The van der Waals surface area contributed by atoms with E-state index in [-0.39, 0.29) is 12.3 Å². The van der Waals surface area contributed by atoms with Crippen LogP contribution in [0.15, 0.2) is 42.6 Å². The van der Waals surface area contributed by atoms with Crippen LogP contribution in [0.3, 0.4) is 0 Å². The van der Waals surface area contributed by atoms with Gasteiger partial charge in [-0.25, -0.2) is 0 Å². The Kier molecular flexibility index (Phi) is 5.08. The normalized spacial score (nSPS) is 9.62. The Hall–Kier alpha value is -2.64. The summed E-state index contributed by atoms with van der Waals surface area (Å²) in [7, 11) is 0. The molecule has 0 aliphatic carbocycles. The molecule has 0 atom stereocenters. The third kappa shape index (κ3) is 4.44. The third-order valence-corrected chi connectivity index (χ3v) is 2.91. The van der Waals surface area contributed by atoms with Crippen LogP contribution < -0.4 is 11.1 Å². The summed E-state index contributed by atoms with van der Waals surface area (Å²) in [5.41, 5.74) is 8.77. The summed E-state index contributed by atoms with van der Waals surface area (Å²) in [6.45, 7) is 2.29. The number of aromatic nitrogens is 1. The lowest BCUT2D eigenvalue weighted by Crippen LogP contribution is -2.15. The van der Waals surface area contributed by atoms with Crippen molar-refractivity contribution < 1.29 is 4.79 Å². The molecular formula is C17H17N3O. The average molecular weight is 279 g/mol. The SMILES string of the molecule is Cc1ccc(NC(=O)Cc2ccccn2)cc1C#CCN. The van der Waals surface area contributed by atoms with Gasteiger partial charge in [-0.3, -0.25) is 9.78 Å². The highest BCUT2D eigenvalue weighted by Gasteiger charge is 2.06. The predicted molar refractivity (Wildman–Crippen MR) is 83.7 cm³/mol. The number of nitrogens with one attached hydrogen (secondary N) is 1. The molecule has 0 aliphatic heterocycles. The van der Waals surface area contributed by atoms with Crippen LogP contribution in [0.4, 0.5) is 5.69 Å². The van der Waals surface area contributed by atoms with Crippen molar-refractivity contribution in [3.63, 3.8) is 0 Å². The lowest BCUT2D eigenvalue weighted by atomic mass is 10.1. The van der Waals surface area contributed by atoms with E-state index in [1.807, 2.05) is 43.3 Å². The molecule has 0 saturated heterocycles. The molecule has 0 bridgehead atoms. The van der Waals surface area contributed by atoms with E-state index >= 15 is 0 Å². The van der Waals surface area contributed by atoms with Crippen LogP contribution in [-0.2, 0) is 11.2 Å². The fourth-order valence-corrected chi connectivity index (χ4v) is 1.85. The molecule has 21 heavy (non-hydrogen) atoms. The molecule has 3 N–H and O–H groups in total. The minimum absolute atomic E-state index is 0.102. The molecule has 1 heterocycles. The Morgan fingerprint density at radius 1 is 1.33 bits per heavy atom. The van der Waals surface area contributed by atoms with Gasteiger partial charge in [0.1, 0.15) is 0 Å². The summed E-state index contributed by atoms with van der Waals surface area (Å²) in [6, 6.07) is 11.2. The number of carbonyl (C=O) groups excluding carboxylic acids is 1.